The van der Waals surface area contributed by atoms with Crippen LogP contribution < -0.4 is 4.74 Å². The van der Waals surface area contributed by atoms with Gasteiger partial charge in [0.2, 0.25) is 0 Å². The van der Waals surface area contributed by atoms with E-state index in [9.17, 15) is 15.0 Å². The van der Waals surface area contributed by atoms with Crippen molar-refractivity contribution in [3.05, 3.63) is 53.1 Å². The van der Waals surface area contributed by atoms with Crippen LogP contribution in [-0.2, 0) is 4.84 Å². The van der Waals surface area contributed by atoms with E-state index in [2.05, 4.69) is 5.16 Å². The van der Waals surface area contributed by atoms with E-state index >= 15 is 0 Å². The van der Waals surface area contributed by atoms with Crippen LogP contribution in [-0.4, -0.2) is 66.2 Å². The molecule has 0 bridgehead atoms. The Morgan fingerprint density at radius 1 is 1.20 bits per heavy atom. The monoisotopic (exact) mass is 412 g/mol. The molecule has 7 heteroatoms. The number of aryl methyl sites for hydroxylation is 1. The number of hydrogen-bond acceptors (Lipinski definition) is 6. The van der Waals surface area contributed by atoms with Gasteiger partial charge in [0.25, 0.3) is 5.91 Å². The second-order valence-corrected chi connectivity index (χ2v) is 7.34. The van der Waals surface area contributed by atoms with Crippen LogP contribution in [0.25, 0.3) is 11.1 Å². The fourth-order valence-electron chi connectivity index (χ4n) is 3.73. The first kappa shape index (κ1) is 21.8. The number of carbonyl (C=O) groups excluding carboxylic acids is 1. The number of rotatable bonds is 7. The Hall–Kier alpha value is -2.90. The van der Waals surface area contributed by atoms with E-state index in [4.69, 9.17) is 9.57 Å². The molecule has 1 amide bonds. The van der Waals surface area contributed by atoms with E-state index in [0.717, 1.165) is 22.3 Å². The fraction of sp³-hybridized carbons (Fsp3) is 0.391. The highest BCUT2D eigenvalue weighted by molar-refractivity contribution is 6.01. The summed E-state index contributed by atoms with van der Waals surface area (Å²) in [6, 6.07) is 11.1. The summed E-state index contributed by atoms with van der Waals surface area (Å²) in [5.74, 6) is 0.325. The number of hydrogen-bond donors (Lipinski definition) is 2. The number of oxime groups is 1. The molecule has 160 valence electrons. The lowest BCUT2D eigenvalue weighted by Gasteiger charge is -2.23. The van der Waals surface area contributed by atoms with Crippen molar-refractivity contribution in [2.75, 3.05) is 33.5 Å². The number of nitrogens with zero attached hydrogens (tertiary/aromatic N) is 2. The Balaban J connectivity index is 1.97. The highest BCUT2D eigenvalue weighted by atomic mass is 16.6. The van der Waals surface area contributed by atoms with Gasteiger partial charge in [0.05, 0.1) is 31.5 Å². The lowest BCUT2D eigenvalue weighted by molar-refractivity contribution is 0.0679. The minimum absolute atomic E-state index is 0.125. The van der Waals surface area contributed by atoms with Crippen LogP contribution in [0.1, 0.15) is 27.9 Å². The van der Waals surface area contributed by atoms with Crippen molar-refractivity contribution in [3.63, 3.8) is 0 Å². The van der Waals surface area contributed by atoms with Gasteiger partial charge >= 0.3 is 0 Å². The summed E-state index contributed by atoms with van der Waals surface area (Å²) >= 11 is 0. The molecule has 1 saturated heterocycles. The van der Waals surface area contributed by atoms with Gasteiger partial charge in [-0.15, -0.1) is 0 Å². The van der Waals surface area contributed by atoms with Crippen molar-refractivity contribution >= 4 is 11.6 Å². The first-order valence-electron chi connectivity index (χ1n) is 9.95. The molecule has 1 aliphatic heterocycles. The van der Waals surface area contributed by atoms with Gasteiger partial charge in [-0.1, -0.05) is 23.4 Å². The molecule has 0 saturated carbocycles. The van der Waals surface area contributed by atoms with Gasteiger partial charge in [0.15, 0.2) is 0 Å². The van der Waals surface area contributed by atoms with Crippen LogP contribution in [0.2, 0.25) is 0 Å². The van der Waals surface area contributed by atoms with Crippen LogP contribution in [0.4, 0.5) is 0 Å². The van der Waals surface area contributed by atoms with Gasteiger partial charge in [-0.05, 0) is 48.7 Å². The molecule has 1 heterocycles. The molecule has 0 aromatic heterocycles. The zero-order valence-electron chi connectivity index (χ0n) is 17.6. The van der Waals surface area contributed by atoms with Crippen LogP contribution in [0.15, 0.2) is 41.6 Å². The molecule has 2 aromatic rings. The van der Waals surface area contributed by atoms with Crippen LogP contribution in [0.5, 0.6) is 5.75 Å². The maximum absolute atomic E-state index is 13.2. The second-order valence-electron chi connectivity index (χ2n) is 7.34. The lowest BCUT2D eigenvalue weighted by atomic mass is 9.95. The molecule has 1 unspecified atom stereocenters. The number of aliphatic hydroxyl groups excluding tert-OH is 2. The molecule has 1 aliphatic rings. The number of carbonyl (C=O) groups is 1. The maximum atomic E-state index is 13.2. The average molecular weight is 412 g/mol. The van der Waals surface area contributed by atoms with E-state index in [1.54, 1.807) is 17.0 Å². The zero-order chi connectivity index (χ0) is 21.7. The molecule has 7 nitrogen and oxygen atoms in total. The Kier molecular flexibility index (Phi) is 7.07. The van der Waals surface area contributed by atoms with Crippen molar-refractivity contribution in [2.24, 2.45) is 5.16 Å². The first-order chi connectivity index (χ1) is 14.5. The Labute approximate surface area is 176 Å². The summed E-state index contributed by atoms with van der Waals surface area (Å²) in [5.41, 5.74) is 5.34. The zero-order valence-corrected chi connectivity index (χ0v) is 17.6. The molecule has 1 atom stereocenters. The molecule has 30 heavy (non-hydrogen) atoms. The Morgan fingerprint density at radius 2 is 2.00 bits per heavy atom. The fourth-order valence-corrected chi connectivity index (χ4v) is 3.73. The quantitative estimate of drug-likeness (QED) is 0.682. The smallest absolute Gasteiger partial charge is 0.254 e. The molecular weight excluding hydrogens is 384 g/mol. The summed E-state index contributed by atoms with van der Waals surface area (Å²) in [5, 5.41) is 22.9. The minimum Gasteiger partial charge on any atom is -0.491 e. The van der Waals surface area contributed by atoms with Crippen LogP contribution in [0.3, 0.4) is 0 Å². The number of likely N-dealkylation sites (tertiary alicyclic amines) is 1. The molecule has 3 rings (SSSR count). The minimum atomic E-state index is -0.341. The van der Waals surface area contributed by atoms with E-state index in [1.165, 1.54) is 7.11 Å². The van der Waals surface area contributed by atoms with Gasteiger partial charge in [0.1, 0.15) is 19.5 Å². The summed E-state index contributed by atoms with van der Waals surface area (Å²) in [4.78, 5) is 19.6. The highest BCUT2D eigenvalue weighted by Gasteiger charge is 2.33. The third-order valence-electron chi connectivity index (χ3n) is 5.43. The average Bonchev–Trinajstić information content (AvgIpc) is 3.17. The highest BCUT2D eigenvalue weighted by Crippen LogP contribution is 2.35. The summed E-state index contributed by atoms with van der Waals surface area (Å²) in [6.45, 7) is 4.26. The normalized spacial score (nSPS) is 17.4. The number of aliphatic hydroxyl groups is 2. The molecular formula is C23H28N2O5. The molecule has 0 spiro atoms. The van der Waals surface area contributed by atoms with Crippen LogP contribution >= 0.6 is 0 Å². The van der Waals surface area contributed by atoms with Crippen molar-refractivity contribution < 1.29 is 24.6 Å². The van der Waals surface area contributed by atoms with Gasteiger partial charge in [0, 0.05) is 17.5 Å². The lowest BCUT2D eigenvalue weighted by Crippen LogP contribution is -2.37. The van der Waals surface area contributed by atoms with Gasteiger partial charge in [-0.25, -0.2) is 0 Å². The second kappa shape index (κ2) is 9.73. The number of ether oxygens (including phenoxy) is 1. The largest absolute Gasteiger partial charge is 0.491 e. The first-order valence-corrected chi connectivity index (χ1v) is 9.95. The molecule has 2 N–H and O–H groups in total. The third-order valence-corrected chi connectivity index (χ3v) is 5.43. The Bertz CT molecular complexity index is 941. The van der Waals surface area contributed by atoms with Crippen LogP contribution in [0, 0.1) is 13.8 Å². The van der Waals surface area contributed by atoms with E-state index < -0.39 is 0 Å². The Morgan fingerprint density at radius 3 is 2.70 bits per heavy atom. The maximum Gasteiger partial charge on any atom is 0.254 e. The summed E-state index contributed by atoms with van der Waals surface area (Å²) < 4.78 is 5.79. The van der Waals surface area contributed by atoms with Gasteiger partial charge < -0.3 is 24.7 Å². The van der Waals surface area contributed by atoms with Crippen molar-refractivity contribution in [3.8, 4) is 16.9 Å². The van der Waals surface area contributed by atoms with Crippen molar-refractivity contribution in [2.45, 2.75) is 26.3 Å². The summed E-state index contributed by atoms with van der Waals surface area (Å²) in [6.07, 6.45) is 0.477. The van der Waals surface area contributed by atoms with Crippen molar-refractivity contribution in [1.29, 1.82) is 0 Å². The standard InChI is InChI=1S/C23H28N2O5/c1-15-5-4-6-20(16(15)2)21-8-7-17(11-22(21)30-10-9-26)23(28)25-13-18(24-29-3)12-19(25)14-27/h4-8,11,19,26-27H,9-10,12-14H2,1-3H3/b24-18-. The predicted octanol–water partition coefficient (Wildman–Crippen LogP) is 2.55. The van der Waals surface area contributed by atoms with E-state index in [1.807, 2.05) is 38.1 Å². The summed E-state index contributed by atoms with van der Waals surface area (Å²) in [7, 11) is 1.46. The predicted molar refractivity (Wildman–Crippen MR) is 115 cm³/mol. The third kappa shape index (κ3) is 4.47. The molecule has 1 fully saturated rings. The van der Waals surface area contributed by atoms with E-state index in [0.29, 0.717) is 30.0 Å². The number of amides is 1. The van der Waals surface area contributed by atoms with E-state index in [-0.39, 0.29) is 31.8 Å². The SMILES string of the molecule is CO/N=C1/CC(CO)N(C(=O)c2ccc(-c3cccc(C)c3C)c(OCCO)c2)C1. The molecule has 2 aromatic carbocycles. The topological polar surface area (TPSA) is 91.6 Å². The van der Waals surface area contributed by atoms with Crippen molar-refractivity contribution in [1.82, 2.24) is 4.90 Å². The van der Waals surface area contributed by atoms with Gasteiger partial charge in [-0.2, -0.15) is 0 Å². The molecule has 0 aliphatic carbocycles. The molecule has 0 radical (unpaired) electrons. The number of benzene rings is 2. The van der Waals surface area contributed by atoms with Gasteiger partial charge in [-0.3, -0.25) is 4.79 Å².